The van der Waals surface area contributed by atoms with Crippen LogP contribution >= 0.6 is 0 Å². The minimum absolute atomic E-state index is 0.185. The Bertz CT molecular complexity index is 405. The SMILES string of the molecule is CC1CN(c2ccc(C(=O)O)cn2)CC1CO. The second-order valence-electron chi connectivity index (χ2n) is 4.54. The number of hydrogen-bond donors (Lipinski definition) is 2. The molecule has 0 bridgehead atoms. The monoisotopic (exact) mass is 236 g/mol. The van der Waals surface area contributed by atoms with Crippen molar-refractivity contribution in [2.45, 2.75) is 6.92 Å². The molecule has 1 aliphatic rings. The van der Waals surface area contributed by atoms with Crippen molar-refractivity contribution in [2.24, 2.45) is 11.8 Å². The first-order chi connectivity index (χ1) is 8.11. The van der Waals surface area contributed by atoms with Crippen LogP contribution in [-0.4, -0.2) is 40.9 Å². The van der Waals surface area contributed by atoms with Gasteiger partial charge < -0.3 is 15.1 Å². The molecule has 92 valence electrons. The first kappa shape index (κ1) is 11.9. The maximum atomic E-state index is 10.7. The highest BCUT2D eigenvalue weighted by molar-refractivity contribution is 5.87. The van der Waals surface area contributed by atoms with Gasteiger partial charge in [-0.1, -0.05) is 6.92 Å². The third-order valence-electron chi connectivity index (χ3n) is 3.32. The van der Waals surface area contributed by atoms with Crippen LogP contribution in [0.4, 0.5) is 5.82 Å². The van der Waals surface area contributed by atoms with Crippen LogP contribution in [0.5, 0.6) is 0 Å². The normalized spacial score (nSPS) is 24.0. The molecule has 1 saturated heterocycles. The number of aromatic carboxylic acids is 1. The Morgan fingerprint density at radius 2 is 2.29 bits per heavy atom. The van der Waals surface area contributed by atoms with Crippen LogP contribution in [0.25, 0.3) is 0 Å². The second-order valence-corrected chi connectivity index (χ2v) is 4.54. The van der Waals surface area contributed by atoms with E-state index in [2.05, 4.69) is 16.8 Å². The van der Waals surface area contributed by atoms with Crippen LogP contribution in [0.15, 0.2) is 18.3 Å². The molecular formula is C12H16N2O3. The topological polar surface area (TPSA) is 73.7 Å². The van der Waals surface area contributed by atoms with Crippen molar-refractivity contribution in [1.29, 1.82) is 0 Å². The van der Waals surface area contributed by atoms with E-state index in [1.807, 2.05) is 0 Å². The van der Waals surface area contributed by atoms with E-state index in [0.717, 1.165) is 18.9 Å². The molecule has 1 fully saturated rings. The number of aromatic nitrogens is 1. The Kier molecular flexibility index (Phi) is 3.28. The number of carbonyl (C=O) groups is 1. The van der Waals surface area contributed by atoms with Crippen molar-refractivity contribution >= 4 is 11.8 Å². The van der Waals surface area contributed by atoms with Gasteiger partial charge in [-0.25, -0.2) is 9.78 Å². The molecule has 0 aliphatic carbocycles. The van der Waals surface area contributed by atoms with Crippen molar-refractivity contribution in [3.05, 3.63) is 23.9 Å². The number of aliphatic hydroxyl groups is 1. The molecule has 1 aromatic rings. The molecule has 2 heterocycles. The van der Waals surface area contributed by atoms with E-state index < -0.39 is 5.97 Å². The lowest BCUT2D eigenvalue weighted by Gasteiger charge is -2.16. The number of anilines is 1. The van der Waals surface area contributed by atoms with Crippen molar-refractivity contribution in [3.63, 3.8) is 0 Å². The third kappa shape index (κ3) is 2.39. The first-order valence-electron chi connectivity index (χ1n) is 5.67. The Hall–Kier alpha value is -1.62. The van der Waals surface area contributed by atoms with E-state index >= 15 is 0 Å². The van der Waals surface area contributed by atoms with E-state index in [1.54, 1.807) is 12.1 Å². The van der Waals surface area contributed by atoms with Crippen molar-refractivity contribution in [3.8, 4) is 0 Å². The van der Waals surface area contributed by atoms with Gasteiger partial charge >= 0.3 is 5.97 Å². The lowest BCUT2D eigenvalue weighted by Crippen LogP contribution is -2.21. The van der Waals surface area contributed by atoms with Crippen LogP contribution in [0.3, 0.4) is 0 Å². The zero-order chi connectivity index (χ0) is 12.4. The van der Waals surface area contributed by atoms with Gasteiger partial charge in [0.1, 0.15) is 5.82 Å². The summed E-state index contributed by atoms with van der Waals surface area (Å²) in [7, 11) is 0. The number of carboxylic acid groups (broad SMARTS) is 1. The fourth-order valence-electron chi connectivity index (χ4n) is 2.16. The van der Waals surface area contributed by atoms with Gasteiger partial charge in [-0.15, -0.1) is 0 Å². The summed E-state index contributed by atoms with van der Waals surface area (Å²) in [5.74, 6) is 0.516. The third-order valence-corrected chi connectivity index (χ3v) is 3.32. The van der Waals surface area contributed by atoms with Crippen molar-refractivity contribution in [1.82, 2.24) is 4.98 Å². The van der Waals surface area contributed by atoms with Gasteiger partial charge in [-0.05, 0) is 18.1 Å². The van der Waals surface area contributed by atoms with E-state index in [4.69, 9.17) is 5.11 Å². The summed E-state index contributed by atoms with van der Waals surface area (Å²) < 4.78 is 0. The highest BCUT2D eigenvalue weighted by Crippen LogP contribution is 2.26. The maximum absolute atomic E-state index is 10.7. The average molecular weight is 236 g/mol. The molecule has 0 radical (unpaired) electrons. The summed E-state index contributed by atoms with van der Waals surface area (Å²) in [5, 5.41) is 18.0. The molecule has 17 heavy (non-hydrogen) atoms. The molecule has 1 aromatic heterocycles. The summed E-state index contributed by atoms with van der Waals surface area (Å²) in [6.45, 7) is 3.92. The quantitative estimate of drug-likeness (QED) is 0.813. The van der Waals surface area contributed by atoms with Gasteiger partial charge in [0.05, 0.1) is 5.56 Å². The molecule has 5 nitrogen and oxygen atoms in total. The van der Waals surface area contributed by atoms with Gasteiger partial charge in [-0.2, -0.15) is 0 Å². The van der Waals surface area contributed by atoms with Crippen LogP contribution in [-0.2, 0) is 0 Å². The van der Waals surface area contributed by atoms with E-state index in [0.29, 0.717) is 5.92 Å². The fourth-order valence-corrected chi connectivity index (χ4v) is 2.16. The Balaban J connectivity index is 2.11. The number of carboxylic acids is 1. The summed E-state index contributed by atoms with van der Waals surface area (Å²) in [6.07, 6.45) is 1.37. The standard InChI is InChI=1S/C12H16N2O3/c1-8-5-14(6-10(8)7-15)11-3-2-9(4-13-11)12(16)17/h2-4,8,10,15H,5-7H2,1H3,(H,16,17). The molecule has 2 rings (SSSR count). The maximum Gasteiger partial charge on any atom is 0.337 e. The summed E-state index contributed by atoms with van der Waals surface area (Å²) in [4.78, 5) is 16.9. The van der Waals surface area contributed by atoms with Crippen LogP contribution in [0, 0.1) is 11.8 Å². The Morgan fingerprint density at radius 1 is 1.53 bits per heavy atom. The van der Waals surface area contributed by atoms with E-state index in [9.17, 15) is 9.90 Å². The minimum atomic E-state index is -0.966. The zero-order valence-electron chi connectivity index (χ0n) is 9.71. The van der Waals surface area contributed by atoms with E-state index in [1.165, 1.54) is 6.20 Å². The number of hydrogen-bond acceptors (Lipinski definition) is 4. The van der Waals surface area contributed by atoms with Gasteiger partial charge in [0.2, 0.25) is 0 Å². The van der Waals surface area contributed by atoms with Crippen LogP contribution in [0.1, 0.15) is 17.3 Å². The molecule has 2 unspecified atom stereocenters. The Morgan fingerprint density at radius 3 is 2.76 bits per heavy atom. The fraction of sp³-hybridized carbons (Fsp3) is 0.500. The van der Waals surface area contributed by atoms with E-state index in [-0.39, 0.29) is 18.1 Å². The molecule has 2 atom stereocenters. The van der Waals surface area contributed by atoms with Gasteiger partial charge in [-0.3, -0.25) is 0 Å². The second kappa shape index (κ2) is 4.71. The van der Waals surface area contributed by atoms with Gasteiger partial charge in [0, 0.05) is 31.8 Å². The molecule has 2 N–H and O–H groups in total. The van der Waals surface area contributed by atoms with Crippen LogP contribution < -0.4 is 4.90 Å². The van der Waals surface area contributed by atoms with Crippen molar-refractivity contribution in [2.75, 3.05) is 24.6 Å². The Labute approximate surface area is 99.7 Å². The average Bonchev–Trinajstić information content (AvgIpc) is 2.70. The van der Waals surface area contributed by atoms with Gasteiger partial charge in [0.15, 0.2) is 0 Å². The molecule has 5 heteroatoms. The molecule has 0 aromatic carbocycles. The summed E-state index contributed by atoms with van der Waals surface area (Å²) in [6, 6.07) is 3.28. The lowest BCUT2D eigenvalue weighted by atomic mass is 10.00. The molecular weight excluding hydrogens is 220 g/mol. The highest BCUT2D eigenvalue weighted by atomic mass is 16.4. The number of aliphatic hydroxyl groups excluding tert-OH is 1. The minimum Gasteiger partial charge on any atom is -0.478 e. The largest absolute Gasteiger partial charge is 0.478 e. The number of rotatable bonds is 3. The molecule has 0 spiro atoms. The lowest BCUT2D eigenvalue weighted by molar-refractivity contribution is 0.0696. The molecule has 0 saturated carbocycles. The van der Waals surface area contributed by atoms with Crippen LogP contribution in [0.2, 0.25) is 0 Å². The van der Waals surface area contributed by atoms with Crippen molar-refractivity contribution < 1.29 is 15.0 Å². The first-order valence-corrected chi connectivity index (χ1v) is 5.67. The predicted octanol–water partition coefficient (Wildman–Crippen LogP) is 0.844. The molecule has 0 amide bonds. The smallest absolute Gasteiger partial charge is 0.337 e. The predicted molar refractivity (Wildman–Crippen MR) is 63.1 cm³/mol. The summed E-state index contributed by atoms with van der Waals surface area (Å²) in [5.41, 5.74) is 0.194. The molecule has 1 aliphatic heterocycles. The summed E-state index contributed by atoms with van der Waals surface area (Å²) >= 11 is 0. The zero-order valence-corrected chi connectivity index (χ0v) is 9.71. The van der Waals surface area contributed by atoms with Gasteiger partial charge in [0.25, 0.3) is 0 Å². The number of nitrogens with zero attached hydrogens (tertiary/aromatic N) is 2. The number of pyridine rings is 1. The highest BCUT2D eigenvalue weighted by Gasteiger charge is 2.29.